The molecule has 8 N–H and O–H groups in total. The number of fused-ring (bicyclic) bond motifs is 4. The zero-order chi connectivity index (χ0) is 49.8. The number of carboxylic acids is 1. The Morgan fingerprint density at radius 3 is 1.48 bits per heavy atom. The minimum absolute atomic E-state index is 0. The van der Waals surface area contributed by atoms with E-state index in [1.165, 1.54) is 7.11 Å². The molecule has 2 aliphatic rings. The van der Waals surface area contributed by atoms with Crippen LogP contribution >= 0.6 is 0 Å². The van der Waals surface area contributed by atoms with Gasteiger partial charge >= 0.3 is 42.9 Å². The maximum absolute atomic E-state index is 13.1. The summed E-state index contributed by atoms with van der Waals surface area (Å²) in [6, 6.07) is 24.5. The number of carboxylic acid groups (broad SMARTS) is 1. The number of piperidine rings is 2. The summed E-state index contributed by atoms with van der Waals surface area (Å²) in [7, 11) is 1.32. The number of esters is 1. The second-order valence-corrected chi connectivity index (χ2v) is 18.6. The second-order valence-electron chi connectivity index (χ2n) is 18.6. The van der Waals surface area contributed by atoms with Crippen molar-refractivity contribution in [2.75, 3.05) is 33.3 Å². The first-order valence-corrected chi connectivity index (χ1v) is 23.8. The average Bonchev–Trinajstić information content (AvgIpc) is 4.07. The van der Waals surface area contributed by atoms with Crippen molar-refractivity contribution in [1.29, 1.82) is 0 Å². The summed E-state index contributed by atoms with van der Waals surface area (Å²) >= 11 is 0. The van der Waals surface area contributed by atoms with Crippen molar-refractivity contribution >= 4 is 67.6 Å². The third kappa shape index (κ3) is 12.0. The Morgan fingerprint density at radius 1 is 0.644 bits per heavy atom. The van der Waals surface area contributed by atoms with Crippen LogP contribution in [0.2, 0.25) is 0 Å². The van der Waals surface area contributed by atoms with E-state index in [2.05, 4.69) is 41.0 Å². The molecule has 0 unspecified atom stereocenters. The van der Waals surface area contributed by atoms with Crippen molar-refractivity contribution in [3.8, 4) is 0 Å². The smallest absolute Gasteiger partial charge is 0.870 e. The van der Waals surface area contributed by atoms with Crippen molar-refractivity contribution < 1.29 is 53.4 Å². The van der Waals surface area contributed by atoms with Crippen LogP contribution in [0.25, 0.3) is 43.6 Å². The van der Waals surface area contributed by atoms with Crippen LogP contribution in [-0.4, -0.2) is 120 Å². The molecule has 4 aromatic heterocycles. The molecule has 4 amide bonds. The number of nitrogens with one attached hydrogen (secondary N) is 6. The van der Waals surface area contributed by atoms with Crippen molar-refractivity contribution in [3.05, 3.63) is 151 Å². The predicted molar refractivity (Wildman–Crippen MR) is 272 cm³/mol. The van der Waals surface area contributed by atoms with Crippen LogP contribution in [0, 0.1) is 13.8 Å². The van der Waals surface area contributed by atoms with E-state index in [4.69, 9.17) is 4.74 Å². The number of hydrogen-bond donors (Lipinski definition) is 7. The summed E-state index contributed by atoms with van der Waals surface area (Å²) in [4.78, 5) is 84.9. The number of rotatable bonds is 10. The van der Waals surface area contributed by atoms with E-state index in [9.17, 15) is 33.9 Å². The number of nitrogens with zero attached hydrogens (tertiary/aromatic N) is 4. The minimum Gasteiger partial charge on any atom is -0.870 e. The van der Waals surface area contributed by atoms with E-state index in [1.807, 2.05) is 98.8 Å². The Morgan fingerprint density at radius 2 is 1.05 bits per heavy atom. The number of hydrogen-bond acceptors (Lipinski definition) is 10. The number of aliphatic carboxylic acids is 1. The number of aromatic nitrogens is 6. The zero-order valence-corrected chi connectivity index (χ0v) is 41.2. The van der Waals surface area contributed by atoms with Gasteiger partial charge in [-0.25, -0.2) is 19.2 Å². The Labute approximate surface area is 430 Å². The molecule has 4 aromatic carbocycles. The number of ether oxygens (including phenoxy) is 1. The van der Waals surface area contributed by atoms with Gasteiger partial charge in [-0.15, -0.1) is 0 Å². The first-order valence-electron chi connectivity index (χ1n) is 23.8. The number of H-pyrrole nitrogens is 4. The summed E-state index contributed by atoms with van der Waals surface area (Å²) in [6.07, 6.45) is 6.55. The van der Waals surface area contributed by atoms with Gasteiger partial charge in [-0.2, -0.15) is 10.2 Å². The van der Waals surface area contributed by atoms with Crippen LogP contribution in [0.15, 0.2) is 107 Å². The number of carbonyl (C=O) groups is 4. The molecule has 73 heavy (non-hydrogen) atoms. The molecule has 20 heteroatoms. The standard InChI is InChI=1S/C27H29N5O4.C26H27N5O4.Li.H2O/c1-16-11-17(12-20-15-28-31-24(16)20)13-23(26(34)36-2)30-27(35)32-9-7-18(8-10-32)21-14-19-5-3-4-6-22(19)29-25(21)33;1-15-10-16(11-19-14-27-30-23(15)19)12-22(25(33)34)29-26(35)31-8-6-17(7-9-31)20-13-18-4-2-3-5-21(18)28-24(20)32;;/h3-6,11-12,14-15,18,23H,7-10,13H2,1-2H3,(H,28,31)(H,29,33)(H,30,35);2-5,10-11,13-14,17,22H,6-9,12H2,1H3,(H,27,30)(H,28,32)(H,29,35)(H,33,34);;1H2/q;;+1;/p-1/t23-;22-;;/m11../s1. The Hall–Kier alpha value is -7.72. The molecule has 6 heterocycles. The molecule has 10 rings (SSSR count). The van der Waals surface area contributed by atoms with Crippen LogP contribution in [-0.2, 0) is 27.2 Å². The Kier molecular flexibility index (Phi) is 16.9. The number of aromatic amines is 4. The largest absolute Gasteiger partial charge is 1.00 e. The number of likely N-dealkylation sites (tertiary alicyclic amines) is 2. The maximum Gasteiger partial charge on any atom is 1.00 e. The molecule has 2 aliphatic heterocycles. The van der Waals surface area contributed by atoms with E-state index in [1.54, 1.807) is 22.2 Å². The third-order valence-corrected chi connectivity index (χ3v) is 13.9. The number of methoxy groups -OCH3 is 1. The SMILES string of the molecule is COC(=O)[C@@H](Cc1cc(C)c2[nH]ncc2c1)NC(=O)N1CCC(c2cc3ccccc3[nH]c2=O)CC1.Cc1cc(C[C@@H](NC(=O)N2CCC(c3cc4ccccc4[nH]c3=O)CC2)C(=O)O)cc2cn[nH]c12.[Li+].[OH-]. The number of urea groups is 2. The van der Waals surface area contributed by atoms with Gasteiger partial charge in [0.05, 0.1) is 30.5 Å². The number of benzene rings is 4. The van der Waals surface area contributed by atoms with Gasteiger partial charge in [-0.3, -0.25) is 19.8 Å². The van der Waals surface area contributed by atoms with Gasteiger partial charge in [-0.1, -0.05) is 48.5 Å². The van der Waals surface area contributed by atoms with E-state index in [-0.39, 0.29) is 59.7 Å². The number of aryl methyl sites for hydroxylation is 2. The van der Waals surface area contributed by atoms with Crippen LogP contribution in [0.1, 0.15) is 70.9 Å². The molecule has 0 spiro atoms. The van der Waals surface area contributed by atoms with E-state index in [0.29, 0.717) is 58.3 Å². The molecule has 8 aromatic rings. The molecule has 2 atom stereocenters. The summed E-state index contributed by atoms with van der Waals surface area (Å²) in [5, 5.41) is 33.1. The topological polar surface area (TPSA) is 281 Å². The fourth-order valence-corrected chi connectivity index (χ4v) is 10.1. The monoisotopic (exact) mass is 984 g/mol. The quantitative estimate of drug-likeness (QED) is 0.0769. The van der Waals surface area contributed by atoms with Crippen LogP contribution < -0.4 is 40.6 Å². The van der Waals surface area contributed by atoms with Gasteiger partial charge in [0.15, 0.2) is 0 Å². The van der Waals surface area contributed by atoms with E-state index < -0.39 is 30.1 Å². The number of amides is 4. The second kappa shape index (κ2) is 23.2. The zero-order valence-electron chi connectivity index (χ0n) is 41.2. The molecular formula is C53H57LiN10O9. The summed E-state index contributed by atoms with van der Waals surface area (Å²) < 4.78 is 4.97. The van der Waals surface area contributed by atoms with Gasteiger partial charge < -0.3 is 45.7 Å². The molecule has 0 radical (unpaired) electrons. The molecule has 0 aliphatic carbocycles. The van der Waals surface area contributed by atoms with Gasteiger partial charge in [0.1, 0.15) is 12.1 Å². The van der Waals surface area contributed by atoms with Crippen molar-refractivity contribution in [2.24, 2.45) is 0 Å². The number of para-hydroxylation sites is 2. The van der Waals surface area contributed by atoms with Gasteiger partial charge in [-0.05, 0) is 121 Å². The molecule has 0 saturated carbocycles. The van der Waals surface area contributed by atoms with Crippen LogP contribution in [0.4, 0.5) is 9.59 Å². The van der Waals surface area contributed by atoms with Gasteiger partial charge in [0, 0.05) is 72.0 Å². The molecule has 19 nitrogen and oxygen atoms in total. The third-order valence-electron chi connectivity index (χ3n) is 13.9. The van der Waals surface area contributed by atoms with Crippen molar-refractivity contribution in [3.63, 3.8) is 0 Å². The average molecular weight is 985 g/mol. The first-order chi connectivity index (χ1) is 34.3. The molecule has 2 fully saturated rings. The Balaban J connectivity index is 0.000000208. The first kappa shape index (κ1) is 53.1. The normalized spacial score (nSPS) is 14.9. The van der Waals surface area contributed by atoms with Crippen LogP contribution in [0.5, 0.6) is 0 Å². The maximum atomic E-state index is 13.1. The van der Waals surface area contributed by atoms with E-state index >= 15 is 0 Å². The Bertz CT molecular complexity index is 3410. The predicted octanol–water partition coefficient (Wildman–Crippen LogP) is 3.51. The van der Waals surface area contributed by atoms with Crippen molar-refractivity contribution in [1.82, 2.24) is 50.8 Å². The van der Waals surface area contributed by atoms with Crippen LogP contribution in [0.3, 0.4) is 0 Å². The molecule has 374 valence electrons. The molecule has 2 saturated heterocycles. The van der Waals surface area contributed by atoms with E-state index in [0.717, 1.165) is 77.0 Å². The number of carbonyl (C=O) groups excluding carboxylic acids is 3. The molecular weight excluding hydrogens is 928 g/mol. The van der Waals surface area contributed by atoms with Gasteiger partial charge in [0.2, 0.25) is 0 Å². The fraction of sp³-hybridized carbons (Fsp3) is 0.321. The fourth-order valence-electron chi connectivity index (χ4n) is 10.1. The minimum atomic E-state index is -1.08. The van der Waals surface area contributed by atoms with Crippen molar-refractivity contribution in [2.45, 2.75) is 76.3 Å². The summed E-state index contributed by atoms with van der Waals surface area (Å²) in [6.45, 7) is 5.81. The molecule has 0 bridgehead atoms. The number of pyridine rings is 2. The van der Waals surface area contributed by atoms with Gasteiger partial charge in [0.25, 0.3) is 11.1 Å². The summed E-state index contributed by atoms with van der Waals surface area (Å²) in [5.74, 6) is -1.46. The summed E-state index contributed by atoms with van der Waals surface area (Å²) in [5.41, 5.74) is 8.52.